The monoisotopic (exact) mass is 154 g/mol. The summed E-state index contributed by atoms with van der Waals surface area (Å²) in [7, 11) is 1.58. The molecule has 0 aliphatic carbocycles. The van der Waals surface area contributed by atoms with E-state index in [1.165, 1.54) is 0 Å². The molecule has 0 unspecified atom stereocenters. The van der Waals surface area contributed by atoms with E-state index in [0.29, 0.717) is 12.4 Å². The standard InChI is InChI=1S/C7H10N2O2/c1-10-6-11-5-7-8-3-2-4-9-7/h2-4H,5-6H2,1H3. The smallest absolute Gasteiger partial charge is 0.153 e. The van der Waals surface area contributed by atoms with Crippen LogP contribution in [0.5, 0.6) is 0 Å². The van der Waals surface area contributed by atoms with Crippen LogP contribution in [0.4, 0.5) is 0 Å². The first-order chi connectivity index (χ1) is 5.43. The molecule has 0 fully saturated rings. The van der Waals surface area contributed by atoms with Gasteiger partial charge in [0.15, 0.2) is 5.82 Å². The summed E-state index contributed by atoms with van der Waals surface area (Å²) < 4.78 is 9.71. The molecular formula is C7H10N2O2. The van der Waals surface area contributed by atoms with Crippen molar-refractivity contribution in [1.82, 2.24) is 9.97 Å². The summed E-state index contributed by atoms with van der Waals surface area (Å²) in [5.74, 6) is 0.671. The molecule has 0 saturated heterocycles. The van der Waals surface area contributed by atoms with Crippen LogP contribution in [0.3, 0.4) is 0 Å². The molecule has 0 radical (unpaired) electrons. The summed E-state index contributed by atoms with van der Waals surface area (Å²) in [6.07, 6.45) is 3.36. The summed E-state index contributed by atoms with van der Waals surface area (Å²) >= 11 is 0. The fraction of sp³-hybridized carbons (Fsp3) is 0.429. The van der Waals surface area contributed by atoms with Crippen LogP contribution in [-0.2, 0) is 16.1 Å². The highest BCUT2D eigenvalue weighted by atomic mass is 16.7. The van der Waals surface area contributed by atoms with Gasteiger partial charge in [0.05, 0.1) is 0 Å². The molecule has 1 aromatic heterocycles. The van der Waals surface area contributed by atoms with Crippen molar-refractivity contribution in [2.45, 2.75) is 6.61 Å². The van der Waals surface area contributed by atoms with Crippen LogP contribution >= 0.6 is 0 Å². The molecule has 11 heavy (non-hydrogen) atoms. The Balaban J connectivity index is 2.28. The third kappa shape index (κ3) is 3.06. The molecule has 60 valence electrons. The molecular weight excluding hydrogens is 144 g/mol. The van der Waals surface area contributed by atoms with Crippen LogP contribution in [0.2, 0.25) is 0 Å². The molecule has 0 bridgehead atoms. The average Bonchev–Trinajstić information content (AvgIpc) is 2.07. The number of methoxy groups -OCH3 is 1. The Kier molecular flexibility index (Phi) is 3.51. The van der Waals surface area contributed by atoms with Gasteiger partial charge in [-0.2, -0.15) is 0 Å². The molecule has 0 aromatic carbocycles. The molecule has 1 rings (SSSR count). The Morgan fingerprint density at radius 1 is 1.36 bits per heavy atom. The second-order valence-corrected chi connectivity index (χ2v) is 1.92. The van der Waals surface area contributed by atoms with Crippen molar-refractivity contribution >= 4 is 0 Å². The molecule has 4 heteroatoms. The Labute approximate surface area is 65.2 Å². The molecule has 0 aliphatic rings. The number of ether oxygens (including phenoxy) is 2. The van der Waals surface area contributed by atoms with E-state index in [4.69, 9.17) is 4.74 Å². The predicted molar refractivity (Wildman–Crippen MR) is 38.7 cm³/mol. The second-order valence-electron chi connectivity index (χ2n) is 1.92. The minimum absolute atomic E-state index is 0.276. The number of hydrogen-bond donors (Lipinski definition) is 0. The lowest BCUT2D eigenvalue weighted by Gasteiger charge is -1.99. The third-order valence-corrected chi connectivity index (χ3v) is 1.05. The molecule has 0 N–H and O–H groups in total. The zero-order valence-corrected chi connectivity index (χ0v) is 6.36. The van der Waals surface area contributed by atoms with Crippen LogP contribution in [0, 0.1) is 0 Å². The SMILES string of the molecule is COCOCc1ncccn1. The zero-order valence-electron chi connectivity index (χ0n) is 6.36. The van der Waals surface area contributed by atoms with E-state index >= 15 is 0 Å². The third-order valence-electron chi connectivity index (χ3n) is 1.05. The fourth-order valence-corrected chi connectivity index (χ4v) is 0.621. The van der Waals surface area contributed by atoms with Gasteiger partial charge in [0.1, 0.15) is 13.4 Å². The lowest BCUT2D eigenvalue weighted by Crippen LogP contribution is -2.00. The van der Waals surface area contributed by atoms with Crippen molar-refractivity contribution in [1.29, 1.82) is 0 Å². The minimum atomic E-state index is 0.276. The van der Waals surface area contributed by atoms with Crippen LogP contribution in [0.15, 0.2) is 18.5 Å². The van der Waals surface area contributed by atoms with Gasteiger partial charge < -0.3 is 9.47 Å². The van der Waals surface area contributed by atoms with Crippen molar-refractivity contribution in [3.63, 3.8) is 0 Å². The summed E-state index contributed by atoms with van der Waals surface area (Å²) in [6, 6.07) is 1.76. The number of nitrogens with zero attached hydrogens (tertiary/aromatic N) is 2. The van der Waals surface area contributed by atoms with Crippen LogP contribution in [0.1, 0.15) is 5.82 Å². The second kappa shape index (κ2) is 4.76. The first-order valence-electron chi connectivity index (χ1n) is 3.26. The summed E-state index contributed by atoms with van der Waals surface area (Å²) in [4.78, 5) is 7.92. The number of hydrogen-bond acceptors (Lipinski definition) is 4. The molecule has 1 aromatic rings. The molecule has 0 spiro atoms. The zero-order chi connectivity index (χ0) is 7.94. The van der Waals surface area contributed by atoms with E-state index in [0.717, 1.165) is 0 Å². The highest BCUT2D eigenvalue weighted by Crippen LogP contribution is 1.90. The van der Waals surface area contributed by atoms with Gasteiger partial charge in [-0.3, -0.25) is 0 Å². The van der Waals surface area contributed by atoms with E-state index < -0.39 is 0 Å². The highest BCUT2D eigenvalue weighted by molar-refractivity contribution is 4.86. The molecule has 0 saturated carbocycles. The Morgan fingerprint density at radius 2 is 2.09 bits per heavy atom. The Bertz CT molecular complexity index is 191. The largest absolute Gasteiger partial charge is 0.359 e. The predicted octanol–water partition coefficient (Wildman–Crippen LogP) is 0.597. The van der Waals surface area contributed by atoms with E-state index in [1.54, 1.807) is 25.6 Å². The van der Waals surface area contributed by atoms with Crippen molar-refractivity contribution in [2.24, 2.45) is 0 Å². The van der Waals surface area contributed by atoms with E-state index in [9.17, 15) is 0 Å². The maximum Gasteiger partial charge on any atom is 0.153 e. The van der Waals surface area contributed by atoms with E-state index in [1.807, 2.05) is 0 Å². The number of rotatable bonds is 4. The van der Waals surface area contributed by atoms with E-state index in [2.05, 4.69) is 14.7 Å². The summed E-state index contributed by atoms with van der Waals surface area (Å²) in [5.41, 5.74) is 0. The molecule has 1 heterocycles. The van der Waals surface area contributed by atoms with Crippen molar-refractivity contribution in [2.75, 3.05) is 13.9 Å². The van der Waals surface area contributed by atoms with Crippen molar-refractivity contribution in [3.8, 4) is 0 Å². The van der Waals surface area contributed by atoms with Gasteiger partial charge >= 0.3 is 0 Å². The van der Waals surface area contributed by atoms with Gasteiger partial charge in [0.2, 0.25) is 0 Å². The molecule has 4 nitrogen and oxygen atoms in total. The maximum atomic E-state index is 5.02. The minimum Gasteiger partial charge on any atom is -0.359 e. The van der Waals surface area contributed by atoms with E-state index in [-0.39, 0.29) is 6.79 Å². The first kappa shape index (κ1) is 8.10. The number of aromatic nitrogens is 2. The maximum absolute atomic E-state index is 5.02. The van der Waals surface area contributed by atoms with Crippen molar-refractivity contribution in [3.05, 3.63) is 24.3 Å². The van der Waals surface area contributed by atoms with Gasteiger partial charge in [0.25, 0.3) is 0 Å². The summed E-state index contributed by atoms with van der Waals surface area (Å²) in [5, 5.41) is 0. The van der Waals surface area contributed by atoms with Gasteiger partial charge in [-0.25, -0.2) is 9.97 Å². The summed E-state index contributed by atoms with van der Waals surface area (Å²) in [6.45, 7) is 0.674. The lowest BCUT2D eigenvalue weighted by molar-refractivity contribution is -0.0412. The average molecular weight is 154 g/mol. The van der Waals surface area contributed by atoms with Gasteiger partial charge in [-0.1, -0.05) is 0 Å². The first-order valence-corrected chi connectivity index (χ1v) is 3.26. The normalized spacial score (nSPS) is 9.91. The topological polar surface area (TPSA) is 44.2 Å². The quantitative estimate of drug-likeness (QED) is 0.470. The van der Waals surface area contributed by atoms with Crippen LogP contribution in [-0.4, -0.2) is 23.9 Å². The van der Waals surface area contributed by atoms with Gasteiger partial charge in [-0.15, -0.1) is 0 Å². The van der Waals surface area contributed by atoms with Gasteiger partial charge in [0, 0.05) is 19.5 Å². The van der Waals surface area contributed by atoms with Crippen LogP contribution < -0.4 is 0 Å². The highest BCUT2D eigenvalue weighted by Gasteiger charge is 1.91. The fourth-order valence-electron chi connectivity index (χ4n) is 0.621. The molecule has 0 atom stereocenters. The molecule has 0 amide bonds. The van der Waals surface area contributed by atoms with Crippen molar-refractivity contribution < 1.29 is 9.47 Å². The lowest BCUT2D eigenvalue weighted by atomic mass is 10.6. The Morgan fingerprint density at radius 3 is 2.73 bits per heavy atom. The Hall–Kier alpha value is -1.00. The van der Waals surface area contributed by atoms with Crippen LogP contribution in [0.25, 0.3) is 0 Å². The molecule has 0 aliphatic heterocycles. The van der Waals surface area contributed by atoms with Gasteiger partial charge in [-0.05, 0) is 6.07 Å².